The average Bonchev–Trinajstić information content (AvgIpc) is 3.29. The molecule has 0 unspecified atom stereocenters. The lowest BCUT2D eigenvalue weighted by atomic mass is 10.2. The summed E-state index contributed by atoms with van der Waals surface area (Å²) >= 11 is 0. The van der Waals surface area contributed by atoms with E-state index in [9.17, 15) is 30.4 Å². The van der Waals surface area contributed by atoms with Crippen LogP contribution in [0.25, 0.3) is 28.2 Å². The number of imidazole rings is 1. The number of halogens is 5. The first-order chi connectivity index (χ1) is 15.7. The SMILES string of the molecule is CCS(=O)(=O)c1nn2c(NCC(C)(F)F)ccnc2c1-c1nc2cc(C(F)(F)F)cnc2n1C. The topological polar surface area (TPSA) is 107 Å². The molecule has 0 aliphatic rings. The largest absolute Gasteiger partial charge is 0.417 e. The summed E-state index contributed by atoms with van der Waals surface area (Å²) in [6.07, 6.45) is -2.73. The Morgan fingerprint density at radius 1 is 1.12 bits per heavy atom. The summed E-state index contributed by atoms with van der Waals surface area (Å²) in [6.45, 7) is 1.34. The smallest absolute Gasteiger partial charge is 0.364 e. The third-order valence-corrected chi connectivity index (χ3v) is 6.64. The number of rotatable bonds is 6. The van der Waals surface area contributed by atoms with Gasteiger partial charge in [-0.2, -0.15) is 22.8 Å². The van der Waals surface area contributed by atoms with Crippen molar-refractivity contribution in [2.75, 3.05) is 17.6 Å². The van der Waals surface area contributed by atoms with Crippen LogP contribution in [0, 0.1) is 0 Å². The first-order valence-corrected chi connectivity index (χ1v) is 11.5. The molecule has 34 heavy (non-hydrogen) atoms. The number of alkyl halides is 5. The van der Waals surface area contributed by atoms with Crippen molar-refractivity contribution in [3.8, 4) is 11.4 Å². The van der Waals surface area contributed by atoms with E-state index in [2.05, 4.69) is 25.4 Å². The van der Waals surface area contributed by atoms with E-state index in [0.717, 1.165) is 10.6 Å². The predicted octanol–water partition coefficient (Wildman–Crippen LogP) is 3.56. The number of hydrogen-bond acceptors (Lipinski definition) is 7. The van der Waals surface area contributed by atoms with Gasteiger partial charge in [-0.05, 0) is 12.1 Å². The van der Waals surface area contributed by atoms with Crippen LogP contribution < -0.4 is 5.32 Å². The van der Waals surface area contributed by atoms with E-state index in [1.807, 2.05) is 0 Å². The quantitative estimate of drug-likeness (QED) is 0.401. The highest BCUT2D eigenvalue weighted by Crippen LogP contribution is 2.35. The van der Waals surface area contributed by atoms with Gasteiger partial charge in [-0.1, -0.05) is 6.92 Å². The van der Waals surface area contributed by atoms with Crippen molar-refractivity contribution >= 4 is 32.5 Å². The van der Waals surface area contributed by atoms with Crippen LogP contribution in [0.5, 0.6) is 0 Å². The van der Waals surface area contributed by atoms with E-state index in [0.29, 0.717) is 13.1 Å². The summed E-state index contributed by atoms with van der Waals surface area (Å²) in [5, 5.41) is 6.18. The lowest BCUT2D eigenvalue weighted by molar-refractivity contribution is -0.137. The molecule has 9 nitrogen and oxygen atoms in total. The van der Waals surface area contributed by atoms with Gasteiger partial charge in [0.15, 0.2) is 26.2 Å². The summed E-state index contributed by atoms with van der Waals surface area (Å²) in [6, 6.07) is 2.14. The number of aromatic nitrogens is 6. The molecule has 0 saturated heterocycles. The van der Waals surface area contributed by atoms with Crippen LogP contribution in [0.3, 0.4) is 0 Å². The molecule has 0 amide bonds. The second kappa shape index (κ2) is 7.85. The zero-order chi connectivity index (χ0) is 25.1. The number of sulfone groups is 1. The first-order valence-electron chi connectivity index (χ1n) is 9.85. The first kappa shape index (κ1) is 23.8. The molecule has 0 aliphatic heterocycles. The van der Waals surface area contributed by atoms with Gasteiger partial charge in [-0.15, -0.1) is 0 Å². The number of nitrogens with zero attached hydrogens (tertiary/aromatic N) is 6. The maximum Gasteiger partial charge on any atom is 0.417 e. The van der Waals surface area contributed by atoms with Gasteiger partial charge < -0.3 is 9.88 Å². The Labute approximate surface area is 189 Å². The normalized spacial score (nSPS) is 13.2. The lowest BCUT2D eigenvalue weighted by Crippen LogP contribution is -2.24. The fraction of sp³-hybridized carbons (Fsp3) is 0.368. The van der Waals surface area contributed by atoms with Crippen LogP contribution in [0.1, 0.15) is 19.4 Å². The summed E-state index contributed by atoms with van der Waals surface area (Å²) in [4.78, 5) is 12.2. The van der Waals surface area contributed by atoms with Crippen LogP contribution in [-0.2, 0) is 23.1 Å². The molecule has 0 atom stereocenters. The lowest BCUT2D eigenvalue weighted by Gasteiger charge is -2.13. The zero-order valence-electron chi connectivity index (χ0n) is 18.0. The highest BCUT2D eigenvalue weighted by atomic mass is 32.2. The number of fused-ring (bicyclic) bond motifs is 2. The van der Waals surface area contributed by atoms with E-state index < -0.39 is 39.1 Å². The summed E-state index contributed by atoms with van der Waals surface area (Å²) in [7, 11) is -2.53. The van der Waals surface area contributed by atoms with Crippen LogP contribution in [0.4, 0.5) is 27.8 Å². The van der Waals surface area contributed by atoms with E-state index >= 15 is 0 Å². The van der Waals surface area contributed by atoms with Gasteiger partial charge in [0.25, 0.3) is 5.92 Å². The number of hydrogen-bond donors (Lipinski definition) is 1. The number of anilines is 1. The summed E-state index contributed by atoms with van der Waals surface area (Å²) in [5.74, 6) is -3.42. The minimum Gasteiger partial charge on any atom is -0.364 e. The fourth-order valence-electron chi connectivity index (χ4n) is 3.31. The van der Waals surface area contributed by atoms with Gasteiger partial charge in [-0.3, -0.25) is 0 Å². The molecule has 1 N–H and O–H groups in total. The van der Waals surface area contributed by atoms with Crippen molar-refractivity contribution in [3.63, 3.8) is 0 Å². The molecule has 0 fully saturated rings. The number of pyridine rings is 1. The minimum atomic E-state index is -4.65. The third kappa shape index (κ3) is 4.15. The molecule has 0 spiro atoms. The van der Waals surface area contributed by atoms with Crippen molar-refractivity contribution in [1.82, 2.24) is 29.1 Å². The standard InChI is InChI=1S/C19H18F5N7O2S/c1-4-34(32,33)17-13(15-25-6-5-12(31(15)29-17)27-9-18(2,20)21)16-28-11-7-10(19(22,23)24)8-26-14(11)30(16)3/h5-8,27H,4,9H2,1-3H3. The van der Waals surface area contributed by atoms with Gasteiger partial charge in [0.1, 0.15) is 22.7 Å². The fourth-order valence-corrected chi connectivity index (χ4v) is 4.28. The zero-order valence-corrected chi connectivity index (χ0v) is 18.8. The van der Waals surface area contributed by atoms with Crippen molar-refractivity contribution in [2.24, 2.45) is 7.05 Å². The average molecular weight is 503 g/mol. The van der Waals surface area contributed by atoms with Crippen LogP contribution >= 0.6 is 0 Å². The molecule has 15 heteroatoms. The van der Waals surface area contributed by atoms with Crippen molar-refractivity contribution in [1.29, 1.82) is 0 Å². The van der Waals surface area contributed by atoms with Gasteiger partial charge in [0.2, 0.25) is 0 Å². The maximum atomic E-state index is 13.4. The second-order valence-corrected chi connectivity index (χ2v) is 9.83. The monoisotopic (exact) mass is 503 g/mol. The van der Waals surface area contributed by atoms with E-state index in [1.165, 1.54) is 30.8 Å². The molecule has 4 aromatic heterocycles. The molecule has 0 aliphatic carbocycles. The van der Waals surface area contributed by atoms with Crippen molar-refractivity contribution < 1.29 is 30.4 Å². The predicted molar refractivity (Wildman–Crippen MR) is 112 cm³/mol. The summed E-state index contributed by atoms with van der Waals surface area (Å²) in [5.41, 5.74) is -1.18. The molecule has 0 saturated carbocycles. The van der Waals surface area contributed by atoms with Crippen LogP contribution in [-0.4, -0.2) is 55.8 Å². The Bertz CT molecular complexity index is 1500. The molecule has 0 bridgehead atoms. The maximum absolute atomic E-state index is 13.4. The van der Waals surface area contributed by atoms with E-state index in [1.54, 1.807) is 0 Å². The Hall–Kier alpha value is -3.36. The highest BCUT2D eigenvalue weighted by molar-refractivity contribution is 7.91. The number of aryl methyl sites for hydroxylation is 1. The highest BCUT2D eigenvalue weighted by Gasteiger charge is 2.33. The van der Waals surface area contributed by atoms with E-state index in [-0.39, 0.29) is 39.8 Å². The Balaban J connectivity index is 2.00. The van der Waals surface area contributed by atoms with E-state index in [4.69, 9.17) is 0 Å². The minimum absolute atomic E-state index is 0.0362. The molecule has 182 valence electrons. The van der Waals surface area contributed by atoms with Gasteiger partial charge in [0.05, 0.1) is 17.9 Å². The molecular formula is C19H18F5N7O2S. The third-order valence-electron chi connectivity index (χ3n) is 5.00. The van der Waals surface area contributed by atoms with Crippen LogP contribution in [0.15, 0.2) is 29.6 Å². The molecule has 0 radical (unpaired) electrons. The number of nitrogens with one attached hydrogen (secondary N) is 1. The molecule has 4 rings (SSSR count). The second-order valence-electron chi connectivity index (χ2n) is 7.63. The van der Waals surface area contributed by atoms with Gasteiger partial charge in [0, 0.05) is 26.4 Å². The van der Waals surface area contributed by atoms with Gasteiger partial charge in [-0.25, -0.2) is 32.2 Å². The van der Waals surface area contributed by atoms with Crippen LogP contribution in [0.2, 0.25) is 0 Å². The molecule has 4 heterocycles. The molecular weight excluding hydrogens is 485 g/mol. The summed E-state index contributed by atoms with van der Waals surface area (Å²) < 4.78 is 94.3. The Morgan fingerprint density at radius 3 is 2.44 bits per heavy atom. The van der Waals surface area contributed by atoms with Gasteiger partial charge >= 0.3 is 6.18 Å². The Kier molecular flexibility index (Phi) is 5.49. The van der Waals surface area contributed by atoms with Crippen molar-refractivity contribution in [3.05, 3.63) is 30.1 Å². The molecule has 4 aromatic rings. The van der Waals surface area contributed by atoms with Crippen molar-refractivity contribution in [2.45, 2.75) is 31.0 Å². The molecule has 0 aromatic carbocycles. The Morgan fingerprint density at radius 2 is 1.82 bits per heavy atom.